The lowest BCUT2D eigenvalue weighted by molar-refractivity contribution is -0.131. The van der Waals surface area contributed by atoms with Crippen molar-refractivity contribution < 1.29 is 19.1 Å². The van der Waals surface area contributed by atoms with Crippen molar-refractivity contribution in [1.82, 2.24) is 0 Å². The summed E-state index contributed by atoms with van der Waals surface area (Å²) in [5.41, 5.74) is 0.989. The lowest BCUT2D eigenvalue weighted by Gasteiger charge is -2.08. The minimum absolute atomic E-state index is 0.296. The highest BCUT2D eigenvalue weighted by Gasteiger charge is 2.08. The normalized spacial score (nSPS) is 9.95. The van der Waals surface area contributed by atoms with Gasteiger partial charge >= 0.3 is 5.97 Å². The number of carbonyl (C=O) groups is 2. The Balaban J connectivity index is 2.08. The van der Waals surface area contributed by atoms with Crippen LogP contribution in [0.2, 0.25) is 5.02 Å². The van der Waals surface area contributed by atoms with Crippen LogP contribution < -0.4 is 14.8 Å². The molecule has 0 heterocycles. The van der Waals surface area contributed by atoms with E-state index in [1.54, 1.807) is 42.5 Å². The highest BCUT2D eigenvalue weighted by Crippen LogP contribution is 2.27. The second-order valence-corrected chi connectivity index (χ2v) is 4.83. The van der Waals surface area contributed by atoms with Crippen LogP contribution in [0.1, 0.15) is 17.3 Å². The Bertz CT molecular complexity index is 698. The van der Waals surface area contributed by atoms with Gasteiger partial charge in [0, 0.05) is 18.2 Å². The molecule has 6 heteroatoms. The Morgan fingerprint density at radius 3 is 2.32 bits per heavy atom. The molecule has 0 saturated heterocycles. The number of ether oxygens (including phenoxy) is 2. The smallest absolute Gasteiger partial charge is 0.308 e. The van der Waals surface area contributed by atoms with E-state index in [2.05, 4.69) is 5.32 Å². The standard InChI is InChI=1S/C16H14ClNO4/c1-10(19)22-13-6-3-11(4-7-13)16(20)18-12-5-8-15(21-2)14(17)9-12/h3-9H,1-2H3,(H,18,20). The maximum Gasteiger partial charge on any atom is 0.308 e. The first-order valence-electron chi connectivity index (χ1n) is 6.43. The van der Waals surface area contributed by atoms with Gasteiger partial charge in [0.2, 0.25) is 0 Å². The zero-order valence-electron chi connectivity index (χ0n) is 12.1. The van der Waals surface area contributed by atoms with E-state index in [4.69, 9.17) is 21.1 Å². The van der Waals surface area contributed by atoms with Crippen molar-refractivity contribution in [1.29, 1.82) is 0 Å². The number of anilines is 1. The molecule has 0 aromatic heterocycles. The molecule has 1 amide bonds. The fourth-order valence-electron chi connectivity index (χ4n) is 1.79. The van der Waals surface area contributed by atoms with Gasteiger partial charge in [-0.3, -0.25) is 9.59 Å². The Morgan fingerprint density at radius 1 is 1.09 bits per heavy atom. The second kappa shape index (κ2) is 6.95. The molecule has 0 bridgehead atoms. The first-order valence-corrected chi connectivity index (χ1v) is 6.81. The monoisotopic (exact) mass is 319 g/mol. The largest absolute Gasteiger partial charge is 0.495 e. The minimum Gasteiger partial charge on any atom is -0.495 e. The predicted molar refractivity (Wildman–Crippen MR) is 83.7 cm³/mol. The van der Waals surface area contributed by atoms with E-state index in [0.717, 1.165) is 0 Å². The summed E-state index contributed by atoms with van der Waals surface area (Å²) in [6.45, 7) is 1.31. The molecule has 0 unspecified atom stereocenters. The van der Waals surface area contributed by atoms with Crippen molar-refractivity contribution in [3.05, 3.63) is 53.1 Å². The molecule has 22 heavy (non-hydrogen) atoms. The van der Waals surface area contributed by atoms with E-state index in [1.807, 2.05) is 0 Å². The summed E-state index contributed by atoms with van der Waals surface area (Å²) < 4.78 is 9.95. The third-order valence-electron chi connectivity index (χ3n) is 2.79. The number of hydrogen-bond donors (Lipinski definition) is 1. The van der Waals surface area contributed by atoms with Crippen LogP contribution in [-0.2, 0) is 4.79 Å². The predicted octanol–water partition coefficient (Wildman–Crippen LogP) is 3.53. The highest BCUT2D eigenvalue weighted by molar-refractivity contribution is 6.32. The molecule has 2 aromatic carbocycles. The molecule has 114 valence electrons. The lowest BCUT2D eigenvalue weighted by atomic mass is 10.2. The summed E-state index contributed by atoms with van der Waals surface area (Å²) >= 11 is 6.00. The zero-order valence-corrected chi connectivity index (χ0v) is 12.8. The summed E-state index contributed by atoms with van der Waals surface area (Å²) in [7, 11) is 1.52. The van der Waals surface area contributed by atoms with Crippen molar-refractivity contribution >= 4 is 29.2 Å². The number of hydrogen-bond acceptors (Lipinski definition) is 4. The molecule has 0 aliphatic carbocycles. The SMILES string of the molecule is COc1ccc(NC(=O)c2ccc(OC(C)=O)cc2)cc1Cl. The van der Waals surface area contributed by atoms with Crippen LogP contribution in [0.15, 0.2) is 42.5 Å². The first-order chi connectivity index (χ1) is 10.5. The quantitative estimate of drug-likeness (QED) is 0.691. The van der Waals surface area contributed by atoms with Crippen LogP contribution in [0.4, 0.5) is 5.69 Å². The summed E-state index contributed by atoms with van der Waals surface area (Å²) in [5, 5.41) is 3.13. The van der Waals surface area contributed by atoms with E-state index in [0.29, 0.717) is 27.8 Å². The van der Waals surface area contributed by atoms with Gasteiger partial charge < -0.3 is 14.8 Å². The zero-order chi connectivity index (χ0) is 16.1. The van der Waals surface area contributed by atoms with Gasteiger partial charge in [0.1, 0.15) is 11.5 Å². The first kappa shape index (κ1) is 15.9. The summed E-state index contributed by atoms with van der Waals surface area (Å²) in [5.74, 6) is 0.211. The fourth-order valence-corrected chi connectivity index (χ4v) is 2.05. The van der Waals surface area contributed by atoms with Crippen LogP contribution >= 0.6 is 11.6 Å². The van der Waals surface area contributed by atoms with Gasteiger partial charge in [0.15, 0.2) is 0 Å². The van der Waals surface area contributed by atoms with Crippen LogP contribution in [0, 0.1) is 0 Å². The molecule has 0 radical (unpaired) electrons. The number of esters is 1. The number of nitrogens with one attached hydrogen (secondary N) is 1. The molecule has 2 rings (SSSR count). The topological polar surface area (TPSA) is 64.6 Å². The molecule has 0 aliphatic rings. The average Bonchev–Trinajstić information content (AvgIpc) is 2.47. The molecule has 2 aromatic rings. The molecule has 0 atom stereocenters. The van der Waals surface area contributed by atoms with E-state index in [1.165, 1.54) is 14.0 Å². The van der Waals surface area contributed by atoms with Crippen molar-refractivity contribution in [3.63, 3.8) is 0 Å². The Labute approximate surface area is 132 Å². The van der Waals surface area contributed by atoms with Gasteiger partial charge in [0.05, 0.1) is 12.1 Å². The third kappa shape index (κ3) is 3.99. The Morgan fingerprint density at radius 2 is 1.77 bits per heavy atom. The van der Waals surface area contributed by atoms with E-state index in [9.17, 15) is 9.59 Å². The van der Waals surface area contributed by atoms with E-state index < -0.39 is 5.97 Å². The van der Waals surface area contributed by atoms with Gasteiger partial charge in [-0.15, -0.1) is 0 Å². The molecule has 0 fully saturated rings. The van der Waals surface area contributed by atoms with Gasteiger partial charge in [-0.2, -0.15) is 0 Å². The summed E-state index contributed by atoms with van der Waals surface area (Å²) in [4.78, 5) is 23.0. The number of benzene rings is 2. The molecule has 0 saturated carbocycles. The minimum atomic E-state index is -0.412. The maximum absolute atomic E-state index is 12.1. The van der Waals surface area contributed by atoms with Gasteiger partial charge in [-0.05, 0) is 42.5 Å². The molecule has 0 aliphatic heterocycles. The second-order valence-electron chi connectivity index (χ2n) is 4.42. The number of rotatable bonds is 4. The van der Waals surface area contributed by atoms with E-state index >= 15 is 0 Å². The molecular formula is C16H14ClNO4. The van der Waals surface area contributed by atoms with Crippen molar-refractivity contribution in [2.75, 3.05) is 12.4 Å². The third-order valence-corrected chi connectivity index (χ3v) is 3.08. The number of halogens is 1. The molecule has 1 N–H and O–H groups in total. The lowest BCUT2D eigenvalue weighted by Crippen LogP contribution is -2.12. The van der Waals surface area contributed by atoms with Crippen LogP contribution in [-0.4, -0.2) is 19.0 Å². The van der Waals surface area contributed by atoms with Crippen molar-refractivity contribution in [3.8, 4) is 11.5 Å². The fraction of sp³-hybridized carbons (Fsp3) is 0.125. The summed E-state index contributed by atoms with van der Waals surface area (Å²) in [6, 6.07) is 11.2. The summed E-state index contributed by atoms with van der Waals surface area (Å²) in [6.07, 6.45) is 0. The molecule has 5 nitrogen and oxygen atoms in total. The van der Waals surface area contributed by atoms with Crippen LogP contribution in [0.25, 0.3) is 0 Å². The van der Waals surface area contributed by atoms with E-state index in [-0.39, 0.29) is 5.91 Å². The van der Waals surface area contributed by atoms with Crippen molar-refractivity contribution in [2.24, 2.45) is 0 Å². The molecular weight excluding hydrogens is 306 g/mol. The van der Waals surface area contributed by atoms with Crippen LogP contribution in [0.3, 0.4) is 0 Å². The van der Waals surface area contributed by atoms with Crippen LogP contribution in [0.5, 0.6) is 11.5 Å². The van der Waals surface area contributed by atoms with Gasteiger partial charge in [-0.25, -0.2) is 0 Å². The maximum atomic E-state index is 12.1. The number of carbonyl (C=O) groups excluding carboxylic acids is 2. The Kier molecular flexibility index (Phi) is 5.01. The average molecular weight is 320 g/mol. The number of methoxy groups -OCH3 is 1. The number of amides is 1. The highest BCUT2D eigenvalue weighted by atomic mass is 35.5. The van der Waals surface area contributed by atoms with Crippen molar-refractivity contribution in [2.45, 2.75) is 6.92 Å². The molecule has 0 spiro atoms. The van der Waals surface area contributed by atoms with Gasteiger partial charge in [0.25, 0.3) is 5.91 Å². The Hall–Kier alpha value is -2.53. The van der Waals surface area contributed by atoms with Gasteiger partial charge in [-0.1, -0.05) is 11.6 Å².